The largest absolute Gasteiger partial charge is 0.380 e. The van der Waals surface area contributed by atoms with Gasteiger partial charge in [0, 0.05) is 26.7 Å². The van der Waals surface area contributed by atoms with Gasteiger partial charge in [0.25, 0.3) is 0 Å². The van der Waals surface area contributed by atoms with Crippen molar-refractivity contribution in [2.45, 2.75) is 45.8 Å². The summed E-state index contributed by atoms with van der Waals surface area (Å²) in [4.78, 5) is 7.39. The van der Waals surface area contributed by atoms with Crippen LogP contribution in [-0.4, -0.2) is 37.6 Å². The predicted molar refractivity (Wildman–Crippen MR) is 114 cm³/mol. The van der Waals surface area contributed by atoms with Gasteiger partial charge in [-0.2, -0.15) is 0 Å². The van der Waals surface area contributed by atoms with Crippen LogP contribution in [0.25, 0.3) is 0 Å². The third kappa shape index (κ3) is 5.58. The van der Waals surface area contributed by atoms with E-state index in [0.717, 1.165) is 30.9 Å². The zero-order valence-electron chi connectivity index (χ0n) is 15.5. The van der Waals surface area contributed by atoms with Crippen molar-refractivity contribution in [3.8, 4) is 0 Å². The Bertz CT molecular complexity index is 532. The van der Waals surface area contributed by atoms with Gasteiger partial charge in [0.1, 0.15) is 0 Å². The van der Waals surface area contributed by atoms with Crippen molar-refractivity contribution in [3.05, 3.63) is 35.4 Å². The first-order valence-electron chi connectivity index (χ1n) is 9.40. The Morgan fingerprint density at radius 3 is 2.28 bits per heavy atom. The summed E-state index contributed by atoms with van der Waals surface area (Å²) in [5.74, 6) is 2.86. The molecule has 1 saturated heterocycles. The molecule has 3 rings (SSSR count). The number of hydrogen-bond donors (Lipinski definition) is 1. The van der Waals surface area contributed by atoms with Gasteiger partial charge < -0.3 is 15.0 Å². The molecule has 2 aliphatic rings. The summed E-state index contributed by atoms with van der Waals surface area (Å²) in [5.41, 5.74) is 2.46. The molecule has 2 unspecified atom stereocenters. The van der Waals surface area contributed by atoms with Crippen LogP contribution in [0.3, 0.4) is 0 Å². The first kappa shape index (κ1) is 20.5. The van der Waals surface area contributed by atoms with E-state index in [-0.39, 0.29) is 24.0 Å². The van der Waals surface area contributed by atoms with Gasteiger partial charge in [0.15, 0.2) is 5.96 Å². The maximum atomic E-state index is 5.17. The molecule has 0 spiro atoms. The van der Waals surface area contributed by atoms with Gasteiger partial charge in [0.05, 0.1) is 13.2 Å². The Kier molecular flexibility index (Phi) is 8.49. The molecule has 1 aliphatic heterocycles. The maximum absolute atomic E-state index is 5.17. The van der Waals surface area contributed by atoms with Crippen LogP contribution in [0.5, 0.6) is 0 Å². The van der Waals surface area contributed by atoms with E-state index in [0.29, 0.717) is 6.61 Å². The highest BCUT2D eigenvalue weighted by atomic mass is 127. The van der Waals surface area contributed by atoms with E-state index in [2.05, 4.69) is 41.4 Å². The normalized spacial score (nSPS) is 23.1. The smallest absolute Gasteiger partial charge is 0.194 e. The van der Waals surface area contributed by atoms with Gasteiger partial charge in [-0.1, -0.05) is 37.1 Å². The summed E-state index contributed by atoms with van der Waals surface area (Å²) >= 11 is 0. The molecule has 2 atom stereocenters. The molecular formula is C20H32IN3O. The van der Waals surface area contributed by atoms with E-state index in [1.165, 1.54) is 49.9 Å². The number of ether oxygens (including phenoxy) is 1. The van der Waals surface area contributed by atoms with E-state index in [1.807, 2.05) is 0 Å². The highest BCUT2D eigenvalue weighted by Gasteiger charge is 2.35. The van der Waals surface area contributed by atoms with Gasteiger partial charge in [-0.15, -0.1) is 24.0 Å². The van der Waals surface area contributed by atoms with Crippen LogP contribution < -0.4 is 5.32 Å². The SMILES string of the molecule is CCNC(=NCc1ccc(COC)cc1)N1CC2CCCCC2C1.I. The number of hydrogen-bond acceptors (Lipinski definition) is 2. The number of halogens is 1. The fraction of sp³-hybridized carbons (Fsp3) is 0.650. The Morgan fingerprint density at radius 1 is 1.12 bits per heavy atom. The molecule has 0 bridgehead atoms. The average molecular weight is 457 g/mol. The fourth-order valence-corrected chi connectivity index (χ4v) is 4.08. The molecule has 0 amide bonds. The summed E-state index contributed by atoms with van der Waals surface area (Å²) in [5, 5.41) is 3.49. The number of nitrogens with zero attached hydrogens (tertiary/aromatic N) is 2. The van der Waals surface area contributed by atoms with Crippen molar-refractivity contribution >= 4 is 29.9 Å². The molecule has 1 N–H and O–H groups in total. The second-order valence-corrected chi connectivity index (χ2v) is 7.13. The maximum Gasteiger partial charge on any atom is 0.194 e. The van der Waals surface area contributed by atoms with Crippen molar-refractivity contribution < 1.29 is 4.74 Å². The molecule has 1 aromatic carbocycles. The minimum atomic E-state index is 0. The first-order chi connectivity index (χ1) is 11.8. The summed E-state index contributed by atoms with van der Waals surface area (Å²) in [6.07, 6.45) is 5.64. The minimum Gasteiger partial charge on any atom is -0.380 e. The number of aliphatic imine (C=N–C) groups is 1. The summed E-state index contributed by atoms with van der Waals surface area (Å²) in [7, 11) is 1.73. The molecule has 0 radical (unpaired) electrons. The van der Waals surface area contributed by atoms with Crippen molar-refractivity contribution in [1.82, 2.24) is 10.2 Å². The van der Waals surface area contributed by atoms with Crippen LogP contribution in [0.4, 0.5) is 0 Å². The molecule has 1 aliphatic carbocycles. The lowest BCUT2D eigenvalue weighted by molar-refractivity contribution is 0.185. The third-order valence-corrected chi connectivity index (χ3v) is 5.36. The van der Waals surface area contributed by atoms with Gasteiger partial charge in [0.2, 0.25) is 0 Å². The highest BCUT2D eigenvalue weighted by Crippen LogP contribution is 2.35. The number of benzene rings is 1. The number of rotatable bonds is 5. The van der Waals surface area contributed by atoms with Gasteiger partial charge in [-0.25, -0.2) is 4.99 Å². The van der Waals surface area contributed by atoms with Crippen molar-refractivity contribution in [2.24, 2.45) is 16.8 Å². The molecule has 0 aromatic heterocycles. The van der Waals surface area contributed by atoms with Crippen LogP contribution in [0.2, 0.25) is 0 Å². The van der Waals surface area contributed by atoms with Crippen molar-refractivity contribution in [3.63, 3.8) is 0 Å². The second-order valence-electron chi connectivity index (χ2n) is 7.13. The zero-order chi connectivity index (χ0) is 16.8. The monoisotopic (exact) mass is 457 g/mol. The molecular weight excluding hydrogens is 425 g/mol. The molecule has 2 fully saturated rings. The molecule has 1 aromatic rings. The topological polar surface area (TPSA) is 36.9 Å². The van der Waals surface area contributed by atoms with Crippen LogP contribution in [0, 0.1) is 11.8 Å². The number of likely N-dealkylation sites (tertiary alicyclic amines) is 1. The van der Waals surface area contributed by atoms with E-state index in [9.17, 15) is 0 Å². The molecule has 4 nitrogen and oxygen atoms in total. The third-order valence-electron chi connectivity index (χ3n) is 5.36. The van der Waals surface area contributed by atoms with Gasteiger partial charge in [-0.3, -0.25) is 0 Å². The Labute approximate surface area is 169 Å². The second kappa shape index (κ2) is 10.4. The van der Waals surface area contributed by atoms with Crippen LogP contribution in [-0.2, 0) is 17.9 Å². The average Bonchev–Trinajstić information content (AvgIpc) is 3.04. The van der Waals surface area contributed by atoms with Crippen molar-refractivity contribution in [2.75, 3.05) is 26.7 Å². The molecule has 1 heterocycles. The van der Waals surface area contributed by atoms with Crippen LogP contribution in [0.15, 0.2) is 29.3 Å². The van der Waals surface area contributed by atoms with E-state index >= 15 is 0 Å². The molecule has 5 heteroatoms. The number of methoxy groups -OCH3 is 1. The quantitative estimate of drug-likeness (QED) is 0.412. The van der Waals surface area contributed by atoms with Crippen LogP contribution >= 0.6 is 24.0 Å². The Balaban J connectivity index is 0.00000225. The summed E-state index contributed by atoms with van der Waals surface area (Å²) in [6.45, 7) is 6.85. The van der Waals surface area contributed by atoms with E-state index < -0.39 is 0 Å². The predicted octanol–water partition coefficient (Wildman–Crippen LogP) is 4.04. The summed E-state index contributed by atoms with van der Waals surface area (Å²) < 4.78 is 5.17. The van der Waals surface area contributed by atoms with Gasteiger partial charge in [-0.05, 0) is 42.7 Å². The number of nitrogens with one attached hydrogen (secondary N) is 1. The first-order valence-corrected chi connectivity index (χ1v) is 9.40. The van der Waals surface area contributed by atoms with Gasteiger partial charge >= 0.3 is 0 Å². The van der Waals surface area contributed by atoms with Crippen molar-refractivity contribution in [1.29, 1.82) is 0 Å². The number of guanidine groups is 1. The van der Waals surface area contributed by atoms with E-state index in [1.54, 1.807) is 7.11 Å². The Morgan fingerprint density at radius 2 is 1.72 bits per heavy atom. The standard InChI is InChI=1S/C20H31N3O.HI/c1-3-21-20(23-13-18-6-4-5-7-19(18)14-23)22-12-16-8-10-17(11-9-16)15-24-2;/h8-11,18-19H,3-7,12-15H2,1-2H3,(H,21,22);1H. The lowest BCUT2D eigenvalue weighted by atomic mass is 9.82. The molecule has 140 valence electrons. The Hall–Kier alpha value is -0.820. The lowest BCUT2D eigenvalue weighted by Crippen LogP contribution is -2.40. The van der Waals surface area contributed by atoms with Crippen LogP contribution in [0.1, 0.15) is 43.7 Å². The van der Waals surface area contributed by atoms with E-state index in [4.69, 9.17) is 9.73 Å². The lowest BCUT2D eigenvalue weighted by Gasteiger charge is -2.22. The highest BCUT2D eigenvalue weighted by molar-refractivity contribution is 14.0. The number of fused-ring (bicyclic) bond motifs is 1. The summed E-state index contributed by atoms with van der Waals surface area (Å²) in [6, 6.07) is 8.58. The molecule has 1 saturated carbocycles. The minimum absolute atomic E-state index is 0. The fourth-order valence-electron chi connectivity index (χ4n) is 4.08. The molecule has 25 heavy (non-hydrogen) atoms. The zero-order valence-corrected chi connectivity index (χ0v) is 17.9.